The van der Waals surface area contributed by atoms with Crippen molar-refractivity contribution in [3.05, 3.63) is 68.8 Å². The summed E-state index contributed by atoms with van der Waals surface area (Å²) in [4.78, 5) is 26.1. The van der Waals surface area contributed by atoms with Crippen molar-refractivity contribution in [2.24, 2.45) is 0 Å². The molecule has 1 aromatic heterocycles. The molecule has 0 aliphatic carbocycles. The number of halogens is 1. The maximum absolute atomic E-state index is 13.2. The second-order valence-electron chi connectivity index (χ2n) is 4.85. The second-order valence-corrected chi connectivity index (χ2v) is 4.85. The van der Waals surface area contributed by atoms with E-state index >= 15 is 0 Å². The maximum atomic E-state index is 13.2. The van der Waals surface area contributed by atoms with Gasteiger partial charge in [-0.05, 0) is 31.0 Å². The van der Waals surface area contributed by atoms with Crippen molar-refractivity contribution in [3.63, 3.8) is 0 Å². The number of carbonyl (C=O) groups is 1. The van der Waals surface area contributed by atoms with E-state index in [1.807, 2.05) is 0 Å². The largest absolute Gasteiger partial charge is 0.348 e. The monoisotopic (exact) mass is 303 g/mol. The summed E-state index contributed by atoms with van der Waals surface area (Å²) in [6.07, 6.45) is 1.11. The average Bonchev–Trinajstić information content (AvgIpc) is 2.48. The second kappa shape index (κ2) is 6.30. The molecule has 6 nitrogen and oxygen atoms in total. The molecule has 0 bridgehead atoms. The molecule has 1 heterocycles. The Morgan fingerprint density at radius 3 is 2.73 bits per heavy atom. The smallest absolute Gasteiger partial charge is 0.288 e. The van der Waals surface area contributed by atoms with E-state index in [1.165, 1.54) is 12.1 Å². The summed E-state index contributed by atoms with van der Waals surface area (Å²) in [5.74, 6) is -0.774. The first-order valence-electron chi connectivity index (χ1n) is 6.52. The van der Waals surface area contributed by atoms with Gasteiger partial charge < -0.3 is 5.32 Å². The number of rotatable bonds is 4. The van der Waals surface area contributed by atoms with Crippen molar-refractivity contribution in [1.29, 1.82) is 0 Å². The van der Waals surface area contributed by atoms with Crippen LogP contribution in [-0.4, -0.2) is 15.8 Å². The van der Waals surface area contributed by atoms with Gasteiger partial charge in [-0.2, -0.15) is 0 Å². The number of amides is 1. The molecule has 0 spiro atoms. The molecule has 1 aromatic carbocycles. The van der Waals surface area contributed by atoms with Gasteiger partial charge in [0.2, 0.25) is 0 Å². The number of carbonyl (C=O) groups excluding carboxylic acids is 1. The predicted octanol–water partition coefficient (Wildman–Crippen LogP) is 2.68. The number of nitro groups is 1. The van der Waals surface area contributed by atoms with E-state index < -0.39 is 10.8 Å². The molecule has 0 unspecified atom stereocenters. The fourth-order valence-corrected chi connectivity index (χ4v) is 1.95. The zero-order valence-corrected chi connectivity index (χ0v) is 12.1. The zero-order chi connectivity index (χ0) is 16.3. The zero-order valence-electron chi connectivity index (χ0n) is 12.1. The third-order valence-electron chi connectivity index (χ3n) is 3.20. The average molecular weight is 303 g/mol. The highest BCUT2D eigenvalue weighted by atomic mass is 19.1. The van der Waals surface area contributed by atoms with Crippen LogP contribution in [0.3, 0.4) is 0 Å². The summed E-state index contributed by atoms with van der Waals surface area (Å²) in [6.45, 7) is 3.43. The van der Waals surface area contributed by atoms with E-state index in [1.54, 1.807) is 26.0 Å². The van der Waals surface area contributed by atoms with Crippen LogP contribution < -0.4 is 5.32 Å². The van der Waals surface area contributed by atoms with Gasteiger partial charge in [0.25, 0.3) is 11.6 Å². The highest BCUT2D eigenvalue weighted by molar-refractivity contribution is 5.95. The molecular weight excluding hydrogens is 289 g/mol. The van der Waals surface area contributed by atoms with E-state index in [0.717, 1.165) is 11.8 Å². The van der Waals surface area contributed by atoms with E-state index in [4.69, 9.17) is 0 Å². The molecule has 2 aromatic rings. The van der Waals surface area contributed by atoms with Crippen LogP contribution in [0.2, 0.25) is 0 Å². The van der Waals surface area contributed by atoms with Gasteiger partial charge in [-0.3, -0.25) is 19.9 Å². The number of nitrogens with one attached hydrogen (secondary N) is 1. The Morgan fingerprint density at radius 2 is 2.09 bits per heavy atom. The number of hydrogen-bond donors (Lipinski definition) is 1. The number of pyridine rings is 1. The normalized spacial score (nSPS) is 10.3. The van der Waals surface area contributed by atoms with Crippen molar-refractivity contribution in [1.82, 2.24) is 10.3 Å². The topological polar surface area (TPSA) is 85.1 Å². The van der Waals surface area contributed by atoms with E-state index in [-0.39, 0.29) is 23.6 Å². The summed E-state index contributed by atoms with van der Waals surface area (Å²) in [5.41, 5.74) is 1.53. The SMILES string of the molecule is Cc1cc(CNC(=O)c2cc([N+](=O)[O-])cnc2C)ccc1F. The third-order valence-corrected chi connectivity index (χ3v) is 3.20. The lowest BCUT2D eigenvalue weighted by molar-refractivity contribution is -0.385. The van der Waals surface area contributed by atoms with E-state index in [0.29, 0.717) is 11.3 Å². The van der Waals surface area contributed by atoms with E-state index in [9.17, 15) is 19.3 Å². The van der Waals surface area contributed by atoms with Crippen LogP contribution in [0.4, 0.5) is 10.1 Å². The number of nitrogens with zero attached hydrogens (tertiary/aromatic N) is 2. The summed E-state index contributed by atoms with van der Waals surface area (Å²) < 4.78 is 13.2. The highest BCUT2D eigenvalue weighted by Crippen LogP contribution is 2.15. The van der Waals surface area contributed by atoms with Gasteiger partial charge in [-0.25, -0.2) is 4.39 Å². The lowest BCUT2D eigenvalue weighted by Crippen LogP contribution is -2.24. The Bertz CT molecular complexity index is 747. The predicted molar refractivity (Wildman–Crippen MR) is 77.9 cm³/mol. The van der Waals surface area contributed by atoms with Gasteiger partial charge in [-0.1, -0.05) is 12.1 Å². The first kappa shape index (κ1) is 15.6. The van der Waals surface area contributed by atoms with E-state index in [2.05, 4.69) is 10.3 Å². The summed E-state index contributed by atoms with van der Waals surface area (Å²) in [5, 5.41) is 13.4. The van der Waals surface area contributed by atoms with Crippen LogP contribution in [0.25, 0.3) is 0 Å². The van der Waals surface area contributed by atoms with Crippen LogP contribution in [-0.2, 0) is 6.54 Å². The molecule has 0 radical (unpaired) electrons. The molecule has 0 aliphatic rings. The van der Waals surface area contributed by atoms with Crippen molar-refractivity contribution in [3.8, 4) is 0 Å². The van der Waals surface area contributed by atoms with Crippen molar-refractivity contribution >= 4 is 11.6 Å². The van der Waals surface area contributed by atoms with Gasteiger partial charge in [0, 0.05) is 12.6 Å². The lowest BCUT2D eigenvalue weighted by Gasteiger charge is -2.08. The summed E-state index contributed by atoms with van der Waals surface area (Å²) in [7, 11) is 0. The lowest BCUT2D eigenvalue weighted by atomic mass is 10.1. The van der Waals surface area contributed by atoms with Crippen molar-refractivity contribution < 1.29 is 14.1 Å². The van der Waals surface area contributed by atoms with Gasteiger partial charge in [0.05, 0.1) is 16.2 Å². The van der Waals surface area contributed by atoms with Gasteiger partial charge in [0.1, 0.15) is 12.0 Å². The van der Waals surface area contributed by atoms with Crippen molar-refractivity contribution in [2.45, 2.75) is 20.4 Å². The molecule has 0 atom stereocenters. The number of hydrogen-bond acceptors (Lipinski definition) is 4. The molecule has 22 heavy (non-hydrogen) atoms. The minimum Gasteiger partial charge on any atom is -0.348 e. The van der Waals surface area contributed by atoms with Crippen molar-refractivity contribution in [2.75, 3.05) is 0 Å². The van der Waals surface area contributed by atoms with Crippen LogP contribution in [0.15, 0.2) is 30.5 Å². The third kappa shape index (κ3) is 3.43. The van der Waals surface area contributed by atoms with Gasteiger partial charge in [0.15, 0.2) is 0 Å². The minimum atomic E-state index is -0.605. The summed E-state index contributed by atoms with van der Waals surface area (Å²) in [6, 6.07) is 5.72. The fourth-order valence-electron chi connectivity index (χ4n) is 1.95. The Hall–Kier alpha value is -2.83. The Morgan fingerprint density at radius 1 is 1.36 bits per heavy atom. The number of aryl methyl sites for hydroxylation is 2. The molecule has 7 heteroatoms. The quantitative estimate of drug-likeness (QED) is 0.695. The molecule has 1 N–H and O–H groups in total. The van der Waals surface area contributed by atoms with Gasteiger partial charge in [-0.15, -0.1) is 0 Å². The first-order valence-corrected chi connectivity index (χ1v) is 6.52. The van der Waals surface area contributed by atoms with Crippen LogP contribution >= 0.6 is 0 Å². The number of aromatic nitrogens is 1. The molecule has 0 fully saturated rings. The Kier molecular flexibility index (Phi) is 4.45. The fraction of sp³-hybridized carbons (Fsp3) is 0.200. The van der Waals surface area contributed by atoms with Gasteiger partial charge >= 0.3 is 0 Å². The Balaban J connectivity index is 2.13. The Labute approximate surface area is 126 Å². The molecule has 0 aliphatic heterocycles. The first-order chi connectivity index (χ1) is 10.4. The standard InChI is InChI=1S/C15H14FN3O3/c1-9-5-11(3-4-14(9)16)7-18-15(20)13-6-12(19(21)22)8-17-10(13)2/h3-6,8H,7H2,1-2H3,(H,18,20). The molecule has 2 rings (SSSR count). The highest BCUT2D eigenvalue weighted by Gasteiger charge is 2.15. The summed E-state index contributed by atoms with van der Waals surface area (Å²) >= 11 is 0. The molecule has 114 valence electrons. The van der Waals surface area contributed by atoms with Crippen LogP contribution in [0.1, 0.15) is 27.2 Å². The van der Waals surface area contributed by atoms with Crippen LogP contribution in [0, 0.1) is 29.8 Å². The number of benzene rings is 1. The molecule has 0 saturated heterocycles. The maximum Gasteiger partial charge on any atom is 0.288 e. The molecule has 1 amide bonds. The van der Waals surface area contributed by atoms with Crippen LogP contribution in [0.5, 0.6) is 0 Å². The minimum absolute atomic E-state index is 0.146. The molecular formula is C15H14FN3O3. The molecule has 0 saturated carbocycles.